The molecule has 9 heteroatoms. The Bertz CT molecular complexity index is 996. The van der Waals surface area contributed by atoms with E-state index in [1.165, 1.54) is 30.2 Å². The van der Waals surface area contributed by atoms with E-state index >= 15 is 0 Å². The van der Waals surface area contributed by atoms with E-state index in [1.54, 1.807) is 0 Å². The van der Waals surface area contributed by atoms with Crippen molar-refractivity contribution in [3.05, 3.63) is 37.6 Å². The van der Waals surface area contributed by atoms with Crippen LogP contribution in [0.2, 0.25) is 0 Å². The molecule has 148 valence electrons. The summed E-state index contributed by atoms with van der Waals surface area (Å²) in [6.07, 6.45) is 6.41. The van der Waals surface area contributed by atoms with Crippen molar-refractivity contribution in [3.63, 3.8) is 0 Å². The zero-order chi connectivity index (χ0) is 19.7. The Labute approximate surface area is 170 Å². The number of ether oxygens (including phenoxy) is 1. The number of anilines is 1. The number of aryl methyl sites for hydroxylation is 2. The molecule has 28 heavy (non-hydrogen) atoms. The van der Waals surface area contributed by atoms with Gasteiger partial charge >= 0.3 is 5.97 Å². The Balaban J connectivity index is 1.47. The third kappa shape index (κ3) is 3.73. The molecule has 0 saturated carbocycles. The van der Waals surface area contributed by atoms with Gasteiger partial charge < -0.3 is 15.0 Å². The van der Waals surface area contributed by atoms with Gasteiger partial charge in [0.15, 0.2) is 5.16 Å². The van der Waals surface area contributed by atoms with Crippen LogP contribution in [0.4, 0.5) is 5.00 Å². The van der Waals surface area contributed by atoms with Crippen LogP contribution in [0.3, 0.4) is 0 Å². The van der Waals surface area contributed by atoms with Crippen molar-refractivity contribution in [1.82, 2.24) is 9.97 Å². The third-order valence-electron chi connectivity index (χ3n) is 5.07. The fourth-order valence-corrected chi connectivity index (χ4v) is 5.73. The Morgan fingerprint density at radius 1 is 1.18 bits per heavy atom. The van der Waals surface area contributed by atoms with Gasteiger partial charge in [0.2, 0.25) is 5.91 Å². The molecule has 0 bridgehead atoms. The minimum absolute atomic E-state index is 0.102. The number of rotatable bonds is 5. The van der Waals surface area contributed by atoms with Crippen molar-refractivity contribution >= 4 is 40.0 Å². The van der Waals surface area contributed by atoms with Gasteiger partial charge in [0.1, 0.15) is 5.00 Å². The molecule has 0 unspecified atom stereocenters. The number of aromatic nitrogens is 2. The van der Waals surface area contributed by atoms with Crippen LogP contribution in [0.25, 0.3) is 0 Å². The maximum absolute atomic E-state index is 12.5. The van der Waals surface area contributed by atoms with Crippen molar-refractivity contribution in [2.24, 2.45) is 0 Å². The maximum atomic E-state index is 12.5. The number of nitrogens with zero attached hydrogens (tertiary/aromatic N) is 1. The van der Waals surface area contributed by atoms with Gasteiger partial charge in [-0.25, -0.2) is 9.78 Å². The molecule has 0 saturated heterocycles. The number of nitrogens with one attached hydrogen (secondary N) is 2. The smallest absolute Gasteiger partial charge is 0.341 e. The predicted molar refractivity (Wildman–Crippen MR) is 109 cm³/mol. The molecule has 1 amide bonds. The number of aromatic amines is 1. The van der Waals surface area contributed by atoms with Crippen LogP contribution < -0.4 is 10.9 Å². The topological polar surface area (TPSA) is 101 Å². The number of thioether (sulfide) groups is 1. The average Bonchev–Trinajstić information content (AvgIpc) is 3.30. The van der Waals surface area contributed by atoms with E-state index in [-0.39, 0.29) is 17.2 Å². The summed E-state index contributed by atoms with van der Waals surface area (Å²) < 4.78 is 4.93. The van der Waals surface area contributed by atoms with E-state index in [0.717, 1.165) is 66.6 Å². The minimum Gasteiger partial charge on any atom is -0.465 e. The largest absolute Gasteiger partial charge is 0.465 e. The van der Waals surface area contributed by atoms with Crippen LogP contribution in [0.1, 0.15) is 51.3 Å². The lowest BCUT2D eigenvalue weighted by atomic mass is 9.95. The van der Waals surface area contributed by atoms with E-state index in [0.29, 0.717) is 15.7 Å². The molecule has 0 atom stereocenters. The van der Waals surface area contributed by atoms with Crippen LogP contribution in [0, 0.1) is 0 Å². The molecule has 2 N–H and O–H groups in total. The summed E-state index contributed by atoms with van der Waals surface area (Å²) in [6.45, 7) is 0. The van der Waals surface area contributed by atoms with E-state index in [4.69, 9.17) is 4.74 Å². The first-order chi connectivity index (χ1) is 13.6. The molecule has 2 aromatic heterocycles. The van der Waals surface area contributed by atoms with Crippen LogP contribution in [-0.4, -0.2) is 34.7 Å². The number of thiophene rings is 1. The Morgan fingerprint density at radius 3 is 2.79 bits per heavy atom. The summed E-state index contributed by atoms with van der Waals surface area (Å²) in [7, 11) is 1.35. The zero-order valence-electron chi connectivity index (χ0n) is 15.6. The van der Waals surface area contributed by atoms with Crippen LogP contribution >= 0.6 is 23.1 Å². The lowest BCUT2D eigenvalue weighted by molar-refractivity contribution is -0.113. The molecule has 2 aromatic rings. The minimum atomic E-state index is -0.410. The Hall–Kier alpha value is -2.13. The quantitative estimate of drug-likeness (QED) is 0.439. The van der Waals surface area contributed by atoms with Crippen LogP contribution in [0.15, 0.2) is 9.95 Å². The molecular formula is C19H21N3O4S2. The van der Waals surface area contributed by atoms with Crippen molar-refractivity contribution in [2.75, 3.05) is 18.2 Å². The van der Waals surface area contributed by atoms with Gasteiger partial charge in [-0.2, -0.15) is 0 Å². The number of hydrogen-bond donors (Lipinski definition) is 2. The van der Waals surface area contributed by atoms with Crippen LogP contribution in [-0.2, 0) is 35.2 Å². The highest BCUT2D eigenvalue weighted by atomic mass is 32.2. The second-order valence-electron chi connectivity index (χ2n) is 6.89. The predicted octanol–water partition coefficient (Wildman–Crippen LogP) is 2.72. The van der Waals surface area contributed by atoms with Crippen LogP contribution in [0.5, 0.6) is 0 Å². The summed E-state index contributed by atoms with van der Waals surface area (Å²) in [5.41, 5.74) is 3.00. The van der Waals surface area contributed by atoms with E-state index in [9.17, 15) is 14.4 Å². The first-order valence-corrected chi connectivity index (χ1v) is 11.1. The standard InChI is InChI=1S/C19H21N3O4S2/c1-26-18(25)15-11-5-2-3-8-13(11)28-17(15)21-14(23)9-27-19-20-12-7-4-6-10(12)16(24)22-19/h2-9H2,1H3,(H,21,23)(H,20,22,24). The number of H-pyrrole nitrogens is 1. The first kappa shape index (κ1) is 19.2. The van der Waals surface area contributed by atoms with Gasteiger partial charge in [0.05, 0.1) is 24.1 Å². The second-order valence-corrected chi connectivity index (χ2v) is 8.96. The summed E-state index contributed by atoms with van der Waals surface area (Å²) >= 11 is 2.65. The molecule has 0 spiro atoms. The van der Waals surface area contributed by atoms with Gasteiger partial charge in [0, 0.05) is 10.4 Å². The van der Waals surface area contributed by atoms with Crippen molar-refractivity contribution in [1.29, 1.82) is 0 Å². The van der Waals surface area contributed by atoms with Crippen molar-refractivity contribution in [3.8, 4) is 0 Å². The van der Waals surface area contributed by atoms with Gasteiger partial charge in [-0.3, -0.25) is 9.59 Å². The molecular weight excluding hydrogens is 398 g/mol. The summed E-state index contributed by atoms with van der Waals surface area (Å²) in [4.78, 5) is 45.2. The van der Waals surface area contributed by atoms with E-state index in [2.05, 4.69) is 15.3 Å². The molecule has 0 aromatic carbocycles. The third-order valence-corrected chi connectivity index (χ3v) is 7.15. The van der Waals surface area contributed by atoms with Crippen molar-refractivity contribution in [2.45, 2.75) is 50.1 Å². The molecule has 2 aliphatic rings. The molecule has 2 aliphatic carbocycles. The molecule has 0 aliphatic heterocycles. The number of carbonyl (C=O) groups is 2. The summed E-state index contributed by atoms with van der Waals surface area (Å²) in [6, 6.07) is 0. The highest BCUT2D eigenvalue weighted by molar-refractivity contribution is 7.99. The molecule has 2 heterocycles. The second kappa shape index (κ2) is 8.08. The lowest BCUT2D eigenvalue weighted by Gasteiger charge is -2.11. The number of carbonyl (C=O) groups excluding carboxylic acids is 2. The zero-order valence-corrected chi connectivity index (χ0v) is 17.2. The SMILES string of the molecule is COC(=O)c1c(NC(=O)CSc2nc3c(c(=O)[nH]2)CCC3)sc2c1CCCC2. The highest BCUT2D eigenvalue weighted by Crippen LogP contribution is 2.38. The Morgan fingerprint density at radius 2 is 1.96 bits per heavy atom. The number of fused-ring (bicyclic) bond motifs is 2. The molecule has 4 rings (SSSR count). The fraction of sp³-hybridized carbons (Fsp3) is 0.474. The molecule has 0 radical (unpaired) electrons. The summed E-state index contributed by atoms with van der Waals surface area (Å²) in [5.74, 6) is -0.547. The monoisotopic (exact) mass is 419 g/mol. The lowest BCUT2D eigenvalue weighted by Crippen LogP contribution is -2.18. The van der Waals surface area contributed by atoms with Gasteiger partial charge in [0.25, 0.3) is 5.56 Å². The summed E-state index contributed by atoms with van der Waals surface area (Å²) in [5, 5.41) is 3.87. The number of methoxy groups -OCH3 is 1. The first-order valence-electron chi connectivity index (χ1n) is 9.34. The van der Waals surface area contributed by atoms with Gasteiger partial charge in [-0.15, -0.1) is 11.3 Å². The van der Waals surface area contributed by atoms with E-state index < -0.39 is 5.97 Å². The number of amides is 1. The number of hydrogen-bond acceptors (Lipinski definition) is 7. The Kier molecular flexibility index (Phi) is 5.54. The molecule has 0 fully saturated rings. The van der Waals surface area contributed by atoms with E-state index in [1.807, 2.05) is 0 Å². The normalized spacial score (nSPS) is 15.0. The average molecular weight is 420 g/mol. The maximum Gasteiger partial charge on any atom is 0.341 e. The highest BCUT2D eigenvalue weighted by Gasteiger charge is 2.27. The number of esters is 1. The molecule has 7 nitrogen and oxygen atoms in total. The van der Waals surface area contributed by atoms with Gasteiger partial charge in [-0.1, -0.05) is 11.8 Å². The van der Waals surface area contributed by atoms with Gasteiger partial charge in [-0.05, 0) is 50.5 Å². The fourth-order valence-electron chi connectivity index (χ4n) is 3.76. The van der Waals surface area contributed by atoms with Crippen molar-refractivity contribution < 1.29 is 14.3 Å².